The third-order valence-electron chi connectivity index (χ3n) is 2.96. The molecule has 0 aromatic heterocycles. The van der Waals surface area contributed by atoms with Crippen LogP contribution in [0.15, 0.2) is 30.3 Å². The van der Waals surface area contributed by atoms with E-state index in [1.807, 2.05) is 18.2 Å². The predicted octanol–water partition coefficient (Wildman–Crippen LogP) is 0.932. The van der Waals surface area contributed by atoms with Crippen LogP contribution in [-0.2, 0) is 21.1 Å². The predicted molar refractivity (Wildman–Crippen MR) is 71.2 cm³/mol. The second-order valence-corrected chi connectivity index (χ2v) is 6.99. The van der Waals surface area contributed by atoms with Crippen molar-refractivity contribution in [3.05, 3.63) is 35.9 Å². The highest BCUT2D eigenvalue weighted by Gasteiger charge is 2.23. The van der Waals surface area contributed by atoms with Crippen molar-refractivity contribution in [1.82, 2.24) is 4.90 Å². The molecule has 1 atom stereocenters. The van der Waals surface area contributed by atoms with Gasteiger partial charge >= 0.3 is 0 Å². The number of ether oxygens (including phenoxy) is 1. The van der Waals surface area contributed by atoms with Crippen molar-refractivity contribution in [2.24, 2.45) is 0 Å². The van der Waals surface area contributed by atoms with Gasteiger partial charge in [-0.25, -0.2) is 8.42 Å². The van der Waals surface area contributed by atoms with E-state index in [1.165, 1.54) is 11.8 Å². The SMILES string of the molecule is CS(=O)(=O)C[C@@H]1CN(Cc2ccccc2)CCO1. The van der Waals surface area contributed by atoms with Crippen molar-refractivity contribution >= 4 is 9.84 Å². The molecule has 0 radical (unpaired) electrons. The van der Waals surface area contributed by atoms with Crippen LogP contribution in [0.2, 0.25) is 0 Å². The maximum absolute atomic E-state index is 11.3. The number of morpholine rings is 1. The van der Waals surface area contributed by atoms with Crippen molar-refractivity contribution < 1.29 is 13.2 Å². The van der Waals surface area contributed by atoms with E-state index in [-0.39, 0.29) is 11.9 Å². The van der Waals surface area contributed by atoms with Gasteiger partial charge in [0.15, 0.2) is 0 Å². The maximum Gasteiger partial charge on any atom is 0.150 e. The van der Waals surface area contributed by atoms with E-state index in [1.54, 1.807) is 0 Å². The van der Waals surface area contributed by atoms with Crippen molar-refractivity contribution in [1.29, 1.82) is 0 Å². The lowest BCUT2D eigenvalue weighted by atomic mass is 10.2. The fourth-order valence-electron chi connectivity index (χ4n) is 2.20. The van der Waals surface area contributed by atoms with Crippen LogP contribution in [0.5, 0.6) is 0 Å². The number of hydrogen-bond donors (Lipinski definition) is 0. The Kier molecular flexibility index (Phi) is 4.37. The van der Waals surface area contributed by atoms with Crippen LogP contribution >= 0.6 is 0 Å². The maximum atomic E-state index is 11.3. The Morgan fingerprint density at radius 2 is 2.06 bits per heavy atom. The van der Waals surface area contributed by atoms with Gasteiger partial charge in [-0.1, -0.05) is 30.3 Å². The minimum absolute atomic E-state index is 0.109. The number of sulfone groups is 1. The van der Waals surface area contributed by atoms with E-state index in [4.69, 9.17) is 4.74 Å². The van der Waals surface area contributed by atoms with Gasteiger partial charge in [-0.2, -0.15) is 0 Å². The summed E-state index contributed by atoms with van der Waals surface area (Å²) in [6.07, 6.45) is 1.06. The normalized spacial score (nSPS) is 21.9. The topological polar surface area (TPSA) is 46.6 Å². The largest absolute Gasteiger partial charge is 0.374 e. The third kappa shape index (κ3) is 4.40. The van der Waals surface area contributed by atoms with Crippen molar-refractivity contribution in [3.63, 3.8) is 0 Å². The Morgan fingerprint density at radius 3 is 2.72 bits per heavy atom. The van der Waals surface area contributed by atoms with E-state index in [2.05, 4.69) is 17.0 Å². The summed E-state index contributed by atoms with van der Waals surface area (Å²) in [4.78, 5) is 2.24. The molecule has 1 aromatic carbocycles. The Bertz CT molecular complexity index is 472. The van der Waals surface area contributed by atoms with Crippen LogP contribution in [0.25, 0.3) is 0 Å². The monoisotopic (exact) mass is 269 g/mol. The first-order valence-corrected chi connectivity index (χ1v) is 8.14. The first-order valence-electron chi connectivity index (χ1n) is 6.08. The van der Waals surface area contributed by atoms with Crippen LogP contribution < -0.4 is 0 Å². The fraction of sp³-hybridized carbons (Fsp3) is 0.538. The summed E-state index contributed by atoms with van der Waals surface area (Å²) in [5.74, 6) is 0.109. The molecule has 4 nitrogen and oxygen atoms in total. The lowest BCUT2D eigenvalue weighted by Crippen LogP contribution is -2.44. The van der Waals surface area contributed by atoms with E-state index in [9.17, 15) is 8.42 Å². The zero-order chi connectivity index (χ0) is 13.0. The number of nitrogens with zero attached hydrogens (tertiary/aromatic N) is 1. The molecule has 0 bridgehead atoms. The van der Waals surface area contributed by atoms with E-state index in [0.717, 1.165) is 13.1 Å². The van der Waals surface area contributed by atoms with E-state index < -0.39 is 9.84 Å². The average Bonchev–Trinajstić information content (AvgIpc) is 2.28. The summed E-state index contributed by atoms with van der Waals surface area (Å²) in [5.41, 5.74) is 1.25. The molecule has 1 aliphatic rings. The molecule has 0 amide bonds. The van der Waals surface area contributed by atoms with Gasteiger partial charge in [0.05, 0.1) is 18.5 Å². The Morgan fingerprint density at radius 1 is 1.33 bits per heavy atom. The molecule has 1 aromatic rings. The van der Waals surface area contributed by atoms with Gasteiger partial charge in [0.25, 0.3) is 0 Å². The molecule has 5 heteroatoms. The van der Waals surface area contributed by atoms with Crippen LogP contribution in [0, 0.1) is 0 Å². The van der Waals surface area contributed by atoms with E-state index >= 15 is 0 Å². The zero-order valence-electron chi connectivity index (χ0n) is 10.6. The molecule has 2 rings (SSSR count). The van der Waals surface area contributed by atoms with Gasteiger partial charge in [-0.3, -0.25) is 4.90 Å². The second-order valence-electron chi connectivity index (χ2n) is 4.81. The summed E-state index contributed by atoms with van der Waals surface area (Å²) >= 11 is 0. The van der Waals surface area contributed by atoms with Crippen molar-refractivity contribution in [2.75, 3.05) is 31.7 Å². The summed E-state index contributed by atoms with van der Waals surface area (Å²) in [6, 6.07) is 10.2. The van der Waals surface area contributed by atoms with Crippen LogP contribution in [0.3, 0.4) is 0 Å². The summed E-state index contributed by atoms with van der Waals surface area (Å²) < 4.78 is 28.0. The van der Waals surface area contributed by atoms with E-state index in [0.29, 0.717) is 13.2 Å². The molecular weight excluding hydrogens is 250 g/mol. The van der Waals surface area contributed by atoms with Crippen LogP contribution in [-0.4, -0.2) is 51.1 Å². The summed E-state index contributed by atoms with van der Waals surface area (Å²) in [7, 11) is -2.97. The smallest absolute Gasteiger partial charge is 0.150 e. The van der Waals surface area contributed by atoms with Gasteiger partial charge in [-0.05, 0) is 5.56 Å². The molecular formula is C13H19NO3S. The van der Waals surface area contributed by atoms with Gasteiger partial charge < -0.3 is 4.74 Å². The quantitative estimate of drug-likeness (QED) is 0.816. The summed E-state index contributed by atoms with van der Waals surface area (Å²) in [5, 5.41) is 0. The number of benzene rings is 1. The first kappa shape index (κ1) is 13.5. The molecule has 1 aliphatic heterocycles. The number of rotatable bonds is 4. The highest BCUT2D eigenvalue weighted by atomic mass is 32.2. The Labute approximate surface area is 108 Å². The van der Waals surface area contributed by atoms with Gasteiger partial charge in [0.2, 0.25) is 0 Å². The third-order valence-corrected chi connectivity index (χ3v) is 3.94. The molecule has 1 heterocycles. The standard InChI is InChI=1S/C13H19NO3S/c1-18(15,16)11-13-10-14(7-8-17-13)9-12-5-3-2-4-6-12/h2-6,13H,7-11H2,1H3/t13-/m0/s1. The zero-order valence-corrected chi connectivity index (χ0v) is 11.4. The van der Waals surface area contributed by atoms with Crippen molar-refractivity contribution in [2.45, 2.75) is 12.6 Å². The second kappa shape index (κ2) is 5.82. The molecule has 1 saturated heterocycles. The molecule has 0 aliphatic carbocycles. The summed E-state index contributed by atoms with van der Waals surface area (Å²) in [6.45, 7) is 2.99. The van der Waals surface area contributed by atoms with Crippen LogP contribution in [0.4, 0.5) is 0 Å². The highest BCUT2D eigenvalue weighted by Crippen LogP contribution is 2.11. The van der Waals surface area contributed by atoms with Crippen LogP contribution in [0.1, 0.15) is 5.56 Å². The molecule has 18 heavy (non-hydrogen) atoms. The highest BCUT2D eigenvalue weighted by molar-refractivity contribution is 7.90. The molecule has 1 fully saturated rings. The van der Waals surface area contributed by atoms with Gasteiger partial charge in [-0.15, -0.1) is 0 Å². The molecule has 0 N–H and O–H groups in total. The molecule has 0 unspecified atom stereocenters. The molecule has 0 saturated carbocycles. The van der Waals surface area contributed by atoms with Crippen molar-refractivity contribution in [3.8, 4) is 0 Å². The molecule has 100 valence electrons. The van der Waals surface area contributed by atoms with Gasteiger partial charge in [0, 0.05) is 25.9 Å². The Balaban J connectivity index is 1.91. The lowest BCUT2D eigenvalue weighted by molar-refractivity contribution is -0.0194. The number of hydrogen-bond acceptors (Lipinski definition) is 4. The molecule has 0 spiro atoms. The fourth-order valence-corrected chi connectivity index (χ4v) is 3.08. The lowest BCUT2D eigenvalue weighted by Gasteiger charge is -2.32. The van der Waals surface area contributed by atoms with Gasteiger partial charge in [0.1, 0.15) is 9.84 Å². The first-order chi connectivity index (χ1) is 8.53. The minimum atomic E-state index is -2.97. The average molecular weight is 269 g/mol. The Hall–Kier alpha value is -0.910. The minimum Gasteiger partial charge on any atom is -0.374 e.